The summed E-state index contributed by atoms with van der Waals surface area (Å²) in [6, 6.07) is -0.294. The van der Waals surface area contributed by atoms with Crippen LogP contribution in [-0.4, -0.2) is 89.3 Å². The number of hydrogen-bond donors (Lipinski definition) is 1. The van der Waals surface area contributed by atoms with Crippen molar-refractivity contribution in [1.29, 1.82) is 0 Å². The molecule has 1 aromatic heterocycles. The van der Waals surface area contributed by atoms with Gasteiger partial charge >= 0.3 is 11.9 Å². The molecule has 3 aliphatic heterocycles. The van der Waals surface area contributed by atoms with Crippen molar-refractivity contribution in [2.45, 2.75) is 58.2 Å². The maximum Gasteiger partial charge on any atom is 0.338 e. The van der Waals surface area contributed by atoms with Gasteiger partial charge in [0.15, 0.2) is 22.5 Å². The highest BCUT2D eigenvalue weighted by atomic mass is 35.5. The smallest absolute Gasteiger partial charge is 0.338 e. The molecule has 2 aromatic rings. The molecule has 254 valence electrons. The first-order valence-corrected chi connectivity index (χ1v) is 15.9. The molecule has 47 heavy (non-hydrogen) atoms. The van der Waals surface area contributed by atoms with Crippen LogP contribution in [0.2, 0.25) is 5.02 Å². The second-order valence-corrected chi connectivity index (χ2v) is 14.6. The largest absolute Gasteiger partial charge is 0.466 e. The molecule has 0 radical (unpaired) electrons. The second kappa shape index (κ2) is 12.5. The Labute approximate surface area is 277 Å². The van der Waals surface area contributed by atoms with Crippen molar-refractivity contribution in [2.24, 2.45) is 16.3 Å². The lowest BCUT2D eigenvalue weighted by Crippen LogP contribution is -2.46. The number of likely N-dealkylation sites (tertiary alicyclic amines) is 2. The molecule has 0 bridgehead atoms. The fourth-order valence-corrected chi connectivity index (χ4v) is 6.88. The fraction of sp³-hybridized carbons (Fsp3) is 0.516. The first-order valence-electron chi connectivity index (χ1n) is 14.7. The summed E-state index contributed by atoms with van der Waals surface area (Å²) in [6.07, 6.45) is 1.51. The van der Waals surface area contributed by atoms with Gasteiger partial charge in [-0.25, -0.2) is 27.3 Å². The Balaban J connectivity index is 1.51. The maximum absolute atomic E-state index is 15.6. The van der Waals surface area contributed by atoms with E-state index >= 15 is 8.78 Å². The van der Waals surface area contributed by atoms with Gasteiger partial charge < -0.3 is 19.7 Å². The van der Waals surface area contributed by atoms with E-state index < -0.39 is 76.0 Å². The number of aliphatic imine (C=N–C) groups is 1. The van der Waals surface area contributed by atoms with Gasteiger partial charge in [0, 0.05) is 48.5 Å². The van der Waals surface area contributed by atoms with E-state index in [1.807, 2.05) is 0 Å². The van der Waals surface area contributed by atoms with Gasteiger partial charge in [0.25, 0.3) is 5.92 Å². The van der Waals surface area contributed by atoms with Crippen LogP contribution < -0.4 is 5.32 Å². The number of alkyl halides is 2. The predicted octanol–water partition coefficient (Wildman–Crippen LogP) is 4.74. The average Bonchev–Trinajstić information content (AvgIpc) is 3.68. The molecule has 2 saturated heterocycles. The third kappa shape index (κ3) is 6.74. The zero-order chi connectivity index (χ0) is 34.6. The van der Waals surface area contributed by atoms with Crippen molar-refractivity contribution < 1.29 is 41.4 Å². The van der Waals surface area contributed by atoms with Gasteiger partial charge in [0.2, 0.25) is 5.91 Å². The Bertz CT molecular complexity index is 1660. The molecule has 0 saturated carbocycles. The summed E-state index contributed by atoms with van der Waals surface area (Å²) in [5.41, 5.74) is -2.12. The molecule has 16 heteroatoms. The molecule has 2 fully saturated rings. The number of carbonyl (C=O) groups is 3. The van der Waals surface area contributed by atoms with E-state index in [4.69, 9.17) is 21.1 Å². The number of carbonyl (C=O) groups excluding carboxylic acids is 3. The number of nitrogens with one attached hydrogen (secondary N) is 1. The van der Waals surface area contributed by atoms with Crippen molar-refractivity contribution >= 4 is 46.6 Å². The zero-order valence-electron chi connectivity index (χ0n) is 26.5. The monoisotopic (exact) mass is 699 g/mol. The summed E-state index contributed by atoms with van der Waals surface area (Å²) in [5, 5.41) is 4.44. The number of halogens is 5. The highest BCUT2D eigenvalue weighted by Crippen LogP contribution is 2.45. The zero-order valence-corrected chi connectivity index (χ0v) is 28.1. The molecule has 3 unspecified atom stereocenters. The summed E-state index contributed by atoms with van der Waals surface area (Å²) in [6.45, 7) is 6.91. The Morgan fingerprint density at radius 2 is 1.89 bits per heavy atom. The number of amidine groups is 1. The van der Waals surface area contributed by atoms with Crippen LogP contribution in [0.15, 0.2) is 40.0 Å². The minimum atomic E-state index is -3.44. The van der Waals surface area contributed by atoms with Crippen LogP contribution >= 0.6 is 22.9 Å². The summed E-state index contributed by atoms with van der Waals surface area (Å²) in [7, 11) is 1.11. The van der Waals surface area contributed by atoms with Crippen molar-refractivity contribution in [1.82, 2.24) is 20.1 Å². The lowest BCUT2D eigenvalue weighted by atomic mass is 9.92. The minimum Gasteiger partial charge on any atom is -0.466 e. The van der Waals surface area contributed by atoms with Crippen molar-refractivity contribution in [2.75, 3.05) is 33.3 Å². The van der Waals surface area contributed by atoms with Gasteiger partial charge in [0.05, 0.1) is 29.7 Å². The minimum absolute atomic E-state index is 0.0600. The first-order chi connectivity index (χ1) is 21.8. The summed E-state index contributed by atoms with van der Waals surface area (Å²) in [4.78, 5) is 51.0. The molecule has 1 N–H and O–H groups in total. The quantitative estimate of drug-likeness (QED) is 0.239. The summed E-state index contributed by atoms with van der Waals surface area (Å²) < 4.78 is 70.4. The van der Waals surface area contributed by atoms with Gasteiger partial charge in [-0.1, -0.05) is 17.7 Å². The predicted molar refractivity (Wildman–Crippen MR) is 165 cm³/mol. The molecular formula is C31H34ClF4N5O5S. The van der Waals surface area contributed by atoms with Crippen LogP contribution in [0.3, 0.4) is 0 Å². The number of aromatic nitrogens is 1. The molecule has 3 atom stereocenters. The third-order valence-electron chi connectivity index (χ3n) is 8.13. The molecule has 1 amide bonds. The molecular weight excluding hydrogens is 666 g/mol. The number of nitrogens with zero attached hydrogens (tertiary/aromatic N) is 4. The number of fused-ring (bicyclic) bond motifs is 1. The van der Waals surface area contributed by atoms with Crippen molar-refractivity contribution in [3.8, 4) is 0 Å². The molecule has 0 spiro atoms. The number of esters is 2. The highest BCUT2D eigenvalue weighted by molar-refractivity contribution is 7.11. The van der Waals surface area contributed by atoms with Crippen LogP contribution in [0.4, 0.5) is 17.6 Å². The van der Waals surface area contributed by atoms with Gasteiger partial charge in [-0.2, -0.15) is 0 Å². The second-order valence-electron chi connectivity index (χ2n) is 13.3. The lowest BCUT2D eigenvalue weighted by molar-refractivity contribution is -0.167. The van der Waals surface area contributed by atoms with E-state index in [9.17, 15) is 23.2 Å². The number of amides is 1. The van der Waals surface area contributed by atoms with E-state index in [0.29, 0.717) is 5.01 Å². The Kier molecular flexibility index (Phi) is 9.23. The van der Waals surface area contributed by atoms with E-state index in [1.54, 1.807) is 40.0 Å². The van der Waals surface area contributed by atoms with Crippen molar-refractivity contribution in [3.05, 3.63) is 62.2 Å². The number of thiazole rings is 1. The van der Waals surface area contributed by atoms with Crippen LogP contribution in [0.25, 0.3) is 0 Å². The van der Waals surface area contributed by atoms with E-state index in [1.165, 1.54) is 33.4 Å². The normalized spacial score (nSPS) is 23.0. The average molecular weight is 700 g/mol. The molecule has 10 nitrogen and oxygen atoms in total. The van der Waals surface area contributed by atoms with Gasteiger partial charge in [-0.3, -0.25) is 19.5 Å². The molecule has 1 aromatic carbocycles. The Morgan fingerprint density at radius 3 is 2.51 bits per heavy atom. The number of methoxy groups -OCH3 is 1. The number of rotatable bonds is 8. The number of benzene rings is 1. The topological polar surface area (TPSA) is 113 Å². The Hall–Kier alpha value is -3.56. The van der Waals surface area contributed by atoms with Gasteiger partial charge in [-0.05, 0) is 40.7 Å². The van der Waals surface area contributed by atoms with Crippen LogP contribution in [0.5, 0.6) is 0 Å². The Morgan fingerprint density at radius 1 is 1.19 bits per heavy atom. The van der Waals surface area contributed by atoms with E-state index in [2.05, 4.69) is 15.3 Å². The van der Waals surface area contributed by atoms with E-state index in [-0.39, 0.29) is 42.3 Å². The molecule has 5 rings (SSSR count). The standard InChI is InChI=1S/C31H34ClF4N5O5S/c1-29(2,3)46-28(44)30(4,5)13-41-12-18-20(26(41)42)31(35,36)14-40(18)11-17-19(27(43)45-6)23(15-7-8-16(33)22(34)21(15)32)39-24(38-17)25-37-9-10-47-25/h7-10,18,20,23H,11-14H2,1-6H3,(H,38,39). The highest BCUT2D eigenvalue weighted by Gasteiger charge is 2.63. The maximum atomic E-state index is 15.6. The van der Waals surface area contributed by atoms with Gasteiger partial charge in [-0.15, -0.1) is 11.3 Å². The number of hydrogen-bond acceptors (Lipinski definition) is 10. The summed E-state index contributed by atoms with van der Waals surface area (Å²) >= 11 is 7.40. The van der Waals surface area contributed by atoms with Crippen LogP contribution in [0.1, 0.15) is 51.2 Å². The van der Waals surface area contributed by atoms with E-state index in [0.717, 1.165) is 13.2 Å². The lowest BCUT2D eigenvalue weighted by Gasteiger charge is -2.33. The first kappa shape index (κ1) is 34.8. The summed E-state index contributed by atoms with van der Waals surface area (Å²) in [5.74, 6) is -9.85. The SMILES string of the molecule is COC(=O)C1=C(CN2CC(F)(F)C3C(=O)N(CC(C)(C)C(=O)OC(C)(C)C)CC32)NC(c2nccs2)=NC1c1ccc(F)c(F)c1Cl. The fourth-order valence-electron chi connectivity index (χ4n) is 6.03. The number of ether oxygens (including phenoxy) is 2. The van der Waals surface area contributed by atoms with Crippen LogP contribution in [0, 0.1) is 23.0 Å². The molecule has 3 aliphatic rings. The van der Waals surface area contributed by atoms with Crippen molar-refractivity contribution in [3.63, 3.8) is 0 Å². The molecule has 0 aliphatic carbocycles. The third-order valence-corrected chi connectivity index (χ3v) is 9.30. The van der Waals surface area contributed by atoms with Gasteiger partial charge in [0.1, 0.15) is 17.6 Å². The molecule has 4 heterocycles. The van der Waals surface area contributed by atoms with Crippen LogP contribution in [-0.2, 0) is 23.9 Å².